The van der Waals surface area contributed by atoms with E-state index in [4.69, 9.17) is 16.0 Å². The number of alkyl halides is 1. The Morgan fingerprint density at radius 2 is 1.94 bits per heavy atom. The van der Waals surface area contributed by atoms with E-state index in [0.717, 1.165) is 24.5 Å². The van der Waals surface area contributed by atoms with Crippen molar-refractivity contribution in [3.8, 4) is 0 Å². The molecule has 0 amide bonds. The summed E-state index contributed by atoms with van der Waals surface area (Å²) in [5.74, 6) is 3.03. The maximum atomic E-state index is 5.81. The van der Waals surface area contributed by atoms with E-state index in [9.17, 15) is 0 Å². The molecule has 1 aliphatic carbocycles. The van der Waals surface area contributed by atoms with Crippen molar-refractivity contribution in [1.29, 1.82) is 0 Å². The molecule has 0 aliphatic heterocycles. The van der Waals surface area contributed by atoms with Crippen LogP contribution in [0.15, 0.2) is 10.6 Å². The topological polar surface area (TPSA) is 26.0 Å². The summed E-state index contributed by atoms with van der Waals surface area (Å²) in [4.78, 5) is 4.32. The van der Waals surface area contributed by atoms with Crippen molar-refractivity contribution in [1.82, 2.24) is 4.98 Å². The van der Waals surface area contributed by atoms with E-state index in [0.29, 0.717) is 22.6 Å². The van der Waals surface area contributed by atoms with Crippen molar-refractivity contribution in [2.75, 3.05) is 5.88 Å². The minimum absolute atomic E-state index is 0.316. The first-order valence-electron chi connectivity index (χ1n) is 5.92. The fourth-order valence-electron chi connectivity index (χ4n) is 2.70. The van der Waals surface area contributed by atoms with Crippen LogP contribution >= 0.6 is 11.6 Å². The third-order valence-corrected chi connectivity index (χ3v) is 4.67. The molecule has 0 atom stereocenters. The monoisotopic (exact) mass is 241 g/mol. The molecule has 0 N–H and O–H groups in total. The van der Waals surface area contributed by atoms with Crippen LogP contribution in [0.5, 0.6) is 0 Å². The minimum Gasteiger partial charge on any atom is -0.445 e. The molecule has 1 saturated carbocycles. The molecule has 0 radical (unpaired) electrons. The quantitative estimate of drug-likeness (QED) is 0.745. The largest absolute Gasteiger partial charge is 0.445 e. The Kier molecular flexibility index (Phi) is 2.82. The number of nitrogens with zero attached hydrogens (tertiary/aromatic N) is 1. The van der Waals surface area contributed by atoms with E-state index in [1.54, 1.807) is 0 Å². The third-order valence-electron chi connectivity index (χ3n) is 4.40. The van der Waals surface area contributed by atoms with E-state index in [1.807, 2.05) is 6.20 Å². The molecule has 90 valence electrons. The van der Waals surface area contributed by atoms with E-state index in [1.165, 1.54) is 0 Å². The van der Waals surface area contributed by atoms with E-state index < -0.39 is 0 Å². The van der Waals surface area contributed by atoms with Crippen LogP contribution in [0.2, 0.25) is 0 Å². The number of hydrogen-bond donors (Lipinski definition) is 0. The van der Waals surface area contributed by atoms with Crippen LogP contribution in [-0.4, -0.2) is 10.9 Å². The van der Waals surface area contributed by atoms with Crippen molar-refractivity contribution in [3.63, 3.8) is 0 Å². The molecule has 1 fully saturated rings. The van der Waals surface area contributed by atoms with Crippen LogP contribution in [0.3, 0.4) is 0 Å². The second-order valence-corrected chi connectivity index (χ2v) is 6.20. The van der Waals surface area contributed by atoms with Gasteiger partial charge in [0, 0.05) is 18.2 Å². The molecule has 0 spiro atoms. The predicted octanol–water partition coefficient (Wildman–Crippen LogP) is 4.00. The molecule has 0 bridgehead atoms. The van der Waals surface area contributed by atoms with Crippen molar-refractivity contribution in [2.24, 2.45) is 10.8 Å². The van der Waals surface area contributed by atoms with Gasteiger partial charge in [0.2, 0.25) is 0 Å². The molecule has 2 nitrogen and oxygen atoms in total. The highest BCUT2D eigenvalue weighted by Gasteiger charge is 2.66. The first-order valence-corrected chi connectivity index (χ1v) is 6.45. The summed E-state index contributed by atoms with van der Waals surface area (Å²) >= 11 is 5.65. The van der Waals surface area contributed by atoms with Gasteiger partial charge >= 0.3 is 0 Å². The van der Waals surface area contributed by atoms with Crippen LogP contribution in [0.4, 0.5) is 0 Å². The number of hydrogen-bond acceptors (Lipinski definition) is 2. The summed E-state index contributed by atoms with van der Waals surface area (Å²) in [5, 5.41) is 0. The molecule has 1 aromatic rings. The van der Waals surface area contributed by atoms with Crippen LogP contribution in [0.25, 0.3) is 0 Å². The Hall–Kier alpha value is -0.500. The van der Waals surface area contributed by atoms with E-state index in [2.05, 4.69) is 32.7 Å². The third kappa shape index (κ3) is 1.67. The summed E-state index contributed by atoms with van der Waals surface area (Å²) in [5.41, 5.74) is 0.632. The van der Waals surface area contributed by atoms with Crippen LogP contribution in [-0.2, 0) is 6.42 Å². The molecule has 1 aliphatic rings. The van der Waals surface area contributed by atoms with Crippen LogP contribution in [0, 0.1) is 10.8 Å². The van der Waals surface area contributed by atoms with Gasteiger partial charge < -0.3 is 4.42 Å². The van der Waals surface area contributed by atoms with Crippen molar-refractivity contribution < 1.29 is 4.42 Å². The van der Waals surface area contributed by atoms with Crippen LogP contribution in [0.1, 0.15) is 51.7 Å². The first kappa shape index (κ1) is 12.0. The lowest BCUT2D eigenvalue weighted by Gasteiger charge is -2.03. The zero-order valence-electron chi connectivity index (χ0n) is 10.5. The number of rotatable bonds is 4. The molecule has 0 aromatic carbocycles. The average molecular weight is 242 g/mol. The Balaban J connectivity index is 2.10. The molecule has 0 saturated heterocycles. The van der Waals surface area contributed by atoms with Gasteiger partial charge in [0.05, 0.1) is 6.20 Å². The summed E-state index contributed by atoms with van der Waals surface area (Å²) < 4.78 is 5.81. The van der Waals surface area contributed by atoms with Gasteiger partial charge in [-0.05, 0) is 17.3 Å². The summed E-state index contributed by atoms with van der Waals surface area (Å²) in [6.07, 6.45) is 3.67. The lowest BCUT2D eigenvalue weighted by molar-refractivity contribution is 0.436. The van der Waals surface area contributed by atoms with Gasteiger partial charge in [0.25, 0.3) is 0 Å². The van der Waals surface area contributed by atoms with Crippen molar-refractivity contribution in [3.05, 3.63) is 17.8 Å². The molecule has 1 heterocycles. The standard InChI is InChI=1S/C13H20ClNO/c1-12(2)11(13(12,3)4)9-8-15-10(16-9)6-5-7-14/h8,11H,5-7H2,1-4H3. The lowest BCUT2D eigenvalue weighted by Crippen LogP contribution is -1.95. The summed E-state index contributed by atoms with van der Waals surface area (Å²) in [6, 6.07) is 0. The van der Waals surface area contributed by atoms with Crippen molar-refractivity contribution >= 4 is 11.6 Å². The molecule has 2 rings (SSSR count). The highest BCUT2D eigenvalue weighted by molar-refractivity contribution is 6.17. The summed E-state index contributed by atoms with van der Waals surface area (Å²) in [6.45, 7) is 9.16. The van der Waals surface area contributed by atoms with E-state index >= 15 is 0 Å². The Bertz CT molecular complexity index is 367. The fourth-order valence-corrected chi connectivity index (χ4v) is 2.83. The number of oxazole rings is 1. The van der Waals surface area contributed by atoms with Gasteiger partial charge in [-0.2, -0.15) is 0 Å². The van der Waals surface area contributed by atoms with E-state index in [-0.39, 0.29) is 0 Å². The first-order chi connectivity index (χ1) is 7.41. The van der Waals surface area contributed by atoms with Gasteiger partial charge in [-0.15, -0.1) is 11.6 Å². The number of halogens is 1. The van der Waals surface area contributed by atoms with Crippen LogP contribution < -0.4 is 0 Å². The Labute approximate surface area is 102 Å². The zero-order valence-corrected chi connectivity index (χ0v) is 11.3. The molecular weight excluding hydrogens is 222 g/mol. The molecule has 3 heteroatoms. The van der Waals surface area contributed by atoms with Crippen molar-refractivity contribution in [2.45, 2.75) is 46.5 Å². The summed E-state index contributed by atoms with van der Waals surface area (Å²) in [7, 11) is 0. The fraction of sp³-hybridized carbons (Fsp3) is 0.769. The Morgan fingerprint density at radius 3 is 2.44 bits per heavy atom. The second-order valence-electron chi connectivity index (χ2n) is 5.83. The smallest absolute Gasteiger partial charge is 0.194 e. The normalized spacial score (nSPS) is 22.3. The number of aryl methyl sites for hydroxylation is 1. The molecule has 0 unspecified atom stereocenters. The maximum Gasteiger partial charge on any atom is 0.194 e. The second kappa shape index (κ2) is 3.76. The molecule has 16 heavy (non-hydrogen) atoms. The van der Waals surface area contributed by atoms with Gasteiger partial charge in [0.1, 0.15) is 5.76 Å². The highest BCUT2D eigenvalue weighted by Crippen LogP contribution is 2.73. The number of aromatic nitrogens is 1. The predicted molar refractivity (Wildman–Crippen MR) is 65.8 cm³/mol. The molecular formula is C13H20ClNO. The van der Waals surface area contributed by atoms with Gasteiger partial charge in [-0.3, -0.25) is 0 Å². The average Bonchev–Trinajstić information content (AvgIpc) is 2.56. The van der Waals surface area contributed by atoms with Gasteiger partial charge in [-0.1, -0.05) is 27.7 Å². The Morgan fingerprint density at radius 1 is 1.31 bits per heavy atom. The zero-order chi connectivity index (χ0) is 12.0. The van der Waals surface area contributed by atoms with Gasteiger partial charge in [0.15, 0.2) is 5.89 Å². The highest BCUT2D eigenvalue weighted by atomic mass is 35.5. The van der Waals surface area contributed by atoms with Gasteiger partial charge in [-0.25, -0.2) is 4.98 Å². The minimum atomic E-state index is 0.316. The maximum absolute atomic E-state index is 5.81. The SMILES string of the molecule is CC1(C)C(c2cnc(CCCCl)o2)C1(C)C. The molecule has 1 aromatic heterocycles. The lowest BCUT2D eigenvalue weighted by atomic mass is 10.0.